The molecule has 0 amide bonds. The van der Waals surface area contributed by atoms with Crippen molar-refractivity contribution < 1.29 is 0 Å². The molecule has 0 saturated carbocycles. The minimum atomic E-state index is 0.418. The molecule has 1 saturated heterocycles. The average molecular weight is 187 g/mol. The second-order valence-electron chi connectivity index (χ2n) is 4.73. The maximum absolute atomic E-state index is 3.72. The average Bonchev–Trinajstić information content (AvgIpc) is 2.03. The predicted octanol–water partition coefficient (Wildman–Crippen LogP) is 2.52. The zero-order valence-corrected chi connectivity index (χ0v) is 9.50. The molecule has 1 nitrogen and oxygen atoms in total. The zero-order valence-electron chi connectivity index (χ0n) is 8.68. The van der Waals surface area contributed by atoms with E-state index in [0.717, 1.165) is 6.04 Å². The van der Waals surface area contributed by atoms with Gasteiger partial charge in [-0.1, -0.05) is 27.7 Å². The van der Waals surface area contributed by atoms with Crippen LogP contribution >= 0.6 is 11.8 Å². The lowest BCUT2D eigenvalue weighted by molar-refractivity contribution is 0.265. The highest BCUT2D eigenvalue weighted by Gasteiger charge is 2.29. The lowest BCUT2D eigenvalue weighted by Crippen LogP contribution is -2.51. The fourth-order valence-corrected chi connectivity index (χ4v) is 3.03. The van der Waals surface area contributed by atoms with Gasteiger partial charge < -0.3 is 5.32 Å². The van der Waals surface area contributed by atoms with E-state index in [0.29, 0.717) is 11.5 Å². The van der Waals surface area contributed by atoms with E-state index in [9.17, 15) is 0 Å². The van der Waals surface area contributed by atoms with Gasteiger partial charge in [-0.2, -0.15) is 11.8 Å². The molecule has 72 valence electrons. The fraction of sp³-hybridized carbons (Fsp3) is 1.00. The monoisotopic (exact) mass is 187 g/mol. The van der Waals surface area contributed by atoms with Gasteiger partial charge in [-0.15, -0.1) is 0 Å². The Morgan fingerprint density at radius 1 is 1.33 bits per heavy atom. The van der Waals surface area contributed by atoms with Gasteiger partial charge in [0.05, 0.1) is 0 Å². The first-order valence-electron chi connectivity index (χ1n) is 4.88. The van der Waals surface area contributed by atoms with E-state index in [4.69, 9.17) is 0 Å². The van der Waals surface area contributed by atoms with Crippen LogP contribution in [-0.4, -0.2) is 23.6 Å². The second-order valence-corrected chi connectivity index (χ2v) is 5.80. The van der Waals surface area contributed by atoms with Crippen molar-refractivity contribution in [1.29, 1.82) is 0 Å². The largest absolute Gasteiger partial charge is 0.309 e. The van der Waals surface area contributed by atoms with Crippen LogP contribution in [0.4, 0.5) is 0 Å². The third-order valence-electron chi connectivity index (χ3n) is 2.58. The maximum atomic E-state index is 3.72. The molecular formula is C10H21NS. The van der Waals surface area contributed by atoms with Crippen LogP contribution in [0.25, 0.3) is 0 Å². The van der Waals surface area contributed by atoms with E-state index < -0.39 is 0 Å². The van der Waals surface area contributed by atoms with Crippen LogP contribution in [0.15, 0.2) is 0 Å². The number of rotatable bonds is 1. The minimum Gasteiger partial charge on any atom is -0.309 e. The maximum Gasteiger partial charge on any atom is 0.0209 e. The van der Waals surface area contributed by atoms with Crippen molar-refractivity contribution in [2.75, 3.05) is 11.5 Å². The Hall–Kier alpha value is 0.310. The molecule has 1 fully saturated rings. The lowest BCUT2D eigenvalue weighted by atomic mass is 9.87. The summed E-state index contributed by atoms with van der Waals surface area (Å²) < 4.78 is 0. The molecule has 0 aliphatic carbocycles. The SMILES string of the molecule is CCC1CSCC(C(C)(C)C)N1. The summed E-state index contributed by atoms with van der Waals surface area (Å²) in [5.74, 6) is 2.57. The Bertz CT molecular complexity index is 139. The van der Waals surface area contributed by atoms with E-state index >= 15 is 0 Å². The molecule has 1 N–H and O–H groups in total. The standard InChI is InChI=1S/C10H21NS/c1-5-8-6-12-7-9(11-8)10(2,3)4/h8-9,11H,5-7H2,1-4H3. The third kappa shape index (κ3) is 2.67. The molecule has 0 spiro atoms. The van der Waals surface area contributed by atoms with Crippen molar-refractivity contribution >= 4 is 11.8 Å². The predicted molar refractivity (Wildman–Crippen MR) is 57.8 cm³/mol. The summed E-state index contributed by atoms with van der Waals surface area (Å²) in [6.07, 6.45) is 1.26. The summed E-state index contributed by atoms with van der Waals surface area (Å²) in [6.45, 7) is 9.24. The van der Waals surface area contributed by atoms with Crippen molar-refractivity contribution in [2.45, 2.75) is 46.2 Å². The van der Waals surface area contributed by atoms with E-state index in [1.54, 1.807) is 0 Å². The van der Waals surface area contributed by atoms with Gasteiger partial charge in [-0.3, -0.25) is 0 Å². The molecular weight excluding hydrogens is 166 g/mol. The lowest BCUT2D eigenvalue weighted by Gasteiger charge is -2.38. The number of hydrogen-bond acceptors (Lipinski definition) is 2. The summed E-state index contributed by atoms with van der Waals surface area (Å²) in [5, 5.41) is 3.72. The first-order valence-corrected chi connectivity index (χ1v) is 6.03. The first-order chi connectivity index (χ1) is 5.54. The van der Waals surface area contributed by atoms with Gasteiger partial charge in [0.15, 0.2) is 0 Å². The van der Waals surface area contributed by atoms with Crippen molar-refractivity contribution in [3.63, 3.8) is 0 Å². The highest BCUT2D eigenvalue weighted by molar-refractivity contribution is 7.99. The van der Waals surface area contributed by atoms with Gasteiger partial charge in [0, 0.05) is 23.6 Å². The van der Waals surface area contributed by atoms with Gasteiger partial charge in [0.2, 0.25) is 0 Å². The highest BCUT2D eigenvalue weighted by atomic mass is 32.2. The number of thioether (sulfide) groups is 1. The molecule has 1 aliphatic heterocycles. The van der Waals surface area contributed by atoms with Crippen LogP contribution in [-0.2, 0) is 0 Å². The zero-order chi connectivity index (χ0) is 9.19. The topological polar surface area (TPSA) is 12.0 Å². The molecule has 1 aliphatic rings. The molecule has 0 aromatic rings. The van der Waals surface area contributed by atoms with E-state index in [-0.39, 0.29) is 0 Å². The Kier molecular flexibility index (Phi) is 3.47. The van der Waals surface area contributed by atoms with Gasteiger partial charge in [0.1, 0.15) is 0 Å². The Morgan fingerprint density at radius 2 is 2.00 bits per heavy atom. The molecule has 0 aromatic heterocycles. The van der Waals surface area contributed by atoms with Crippen LogP contribution in [0.5, 0.6) is 0 Å². The van der Waals surface area contributed by atoms with Gasteiger partial charge in [0.25, 0.3) is 0 Å². The van der Waals surface area contributed by atoms with Gasteiger partial charge >= 0.3 is 0 Å². The normalized spacial score (nSPS) is 32.0. The van der Waals surface area contributed by atoms with E-state index in [1.165, 1.54) is 17.9 Å². The molecule has 1 rings (SSSR count). The highest BCUT2D eigenvalue weighted by Crippen LogP contribution is 2.27. The Balaban J connectivity index is 2.46. The summed E-state index contributed by atoms with van der Waals surface area (Å²) in [5.41, 5.74) is 0.418. The summed E-state index contributed by atoms with van der Waals surface area (Å²) in [7, 11) is 0. The van der Waals surface area contributed by atoms with Crippen molar-refractivity contribution in [2.24, 2.45) is 5.41 Å². The van der Waals surface area contributed by atoms with Gasteiger partial charge in [-0.05, 0) is 11.8 Å². The van der Waals surface area contributed by atoms with Crippen LogP contribution in [0.3, 0.4) is 0 Å². The second kappa shape index (κ2) is 4.01. The van der Waals surface area contributed by atoms with Crippen LogP contribution in [0.1, 0.15) is 34.1 Å². The van der Waals surface area contributed by atoms with Crippen LogP contribution in [0.2, 0.25) is 0 Å². The summed E-state index contributed by atoms with van der Waals surface area (Å²) in [4.78, 5) is 0. The fourth-order valence-electron chi connectivity index (χ4n) is 1.44. The van der Waals surface area contributed by atoms with E-state index in [2.05, 4.69) is 44.8 Å². The summed E-state index contributed by atoms with van der Waals surface area (Å²) >= 11 is 2.10. The Morgan fingerprint density at radius 3 is 2.50 bits per heavy atom. The summed E-state index contributed by atoms with van der Waals surface area (Å²) in [6, 6.07) is 1.44. The third-order valence-corrected chi connectivity index (χ3v) is 3.79. The molecule has 1 heterocycles. The van der Waals surface area contributed by atoms with Crippen LogP contribution in [0, 0.1) is 5.41 Å². The molecule has 2 heteroatoms. The first kappa shape index (κ1) is 10.4. The number of nitrogens with one attached hydrogen (secondary N) is 1. The molecule has 0 radical (unpaired) electrons. The molecule has 2 unspecified atom stereocenters. The minimum absolute atomic E-state index is 0.418. The Labute approximate surface area is 80.7 Å². The smallest absolute Gasteiger partial charge is 0.0209 e. The van der Waals surface area contributed by atoms with Crippen molar-refractivity contribution in [3.05, 3.63) is 0 Å². The molecule has 2 atom stereocenters. The molecule has 0 aromatic carbocycles. The molecule has 12 heavy (non-hydrogen) atoms. The molecule has 0 bridgehead atoms. The van der Waals surface area contributed by atoms with Crippen molar-refractivity contribution in [3.8, 4) is 0 Å². The van der Waals surface area contributed by atoms with Crippen molar-refractivity contribution in [1.82, 2.24) is 5.32 Å². The van der Waals surface area contributed by atoms with E-state index in [1.807, 2.05) is 0 Å². The quantitative estimate of drug-likeness (QED) is 0.677. The number of hydrogen-bond donors (Lipinski definition) is 1. The van der Waals surface area contributed by atoms with Gasteiger partial charge in [-0.25, -0.2) is 0 Å². The van der Waals surface area contributed by atoms with Crippen LogP contribution < -0.4 is 5.32 Å².